The van der Waals surface area contributed by atoms with E-state index in [0.29, 0.717) is 18.3 Å². The molecule has 0 spiro atoms. The van der Waals surface area contributed by atoms with Crippen molar-refractivity contribution in [1.82, 2.24) is 31.0 Å². The molecule has 9 nitrogen and oxygen atoms in total. The Kier molecular flexibility index (Phi) is 11.2. The van der Waals surface area contributed by atoms with Crippen LogP contribution in [0.15, 0.2) is 9.52 Å². The van der Waals surface area contributed by atoms with Crippen molar-refractivity contribution < 1.29 is 9.32 Å². The molecule has 11 heteroatoms. The number of thioether (sulfide) groups is 1. The van der Waals surface area contributed by atoms with Gasteiger partial charge in [-0.3, -0.25) is 4.99 Å². The minimum absolute atomic E-state index is 0. The van der Waals surface area contributed by atoms with Gasteiger partial charge in [0.2, 0.25) is 5.89 Å². The number of amides is 2. The lowest BCUT2D eigenvalue weighted by atomic mass is 10.3. The van der Waals surface area contributed by atoms with Gasteiger partial charge in [-0.25, -0.2) is 4.79 Å². The number of aliphatic imine (C=N–C) groups is 1. The molecule has 154 valence electrons. The van der Waals surface area contributed by atoms with Crippen molar-refractivity contribution in [2.24, 2.45) is 4.99 Å². The van der Waals surface area contributed by atoms with E-state index in [-0.39, 0.29) is 29.1 Å². The largest absolute Gasteiger partial charge is 0.355 e. The standard InChI is InChI=1S/C16H29N7O2S.BrH/c1-12-20-14(25-22-12)5-4-7-18-15(19-8-10-26-3)23-9-6-13(11-23)21-16(24)17-2;/h13H,4-11H2,1-3H3,(H,18,19)(H2,17,21,24);1H. The number of aryl methyl sites for hydroxylation is 2. The van der Waals surface area contributed by atoms with Crippen molar-refractivity contribution >= 4 is 40.7 Å². The van der Waals surface area contributed by atoms with Gasteiger partial charge in [-0.1, -0.05) is 5.16 Å². The molecule has 3 N–H and O–H groups in total. The van der Waals surface area contributed by atoms with E-state index in [9.17, 15) is 4.79 Å². The molecule has 1 aliphatic heterocycles. The lowest BCUT2D eigenvalue weighted by Crippen LogP contribution is -2.45. The zero-order valence-corrected chi connectivity index (χ0v) is 18.7. The van der Waals surface area contributed by atoms with E-state index < -0.39 is 0 Å². The number of hydrogen-bond acceptors (Lipinski definition) is 6. The summed E-state index contributed by atoms with van der Waals surface area (Å²) in [5, 5.41) is 12.8. The van der Waals surface area contributed by atoms with Crippen molar-refractivity contribution in [2.75, 3.05) is 45.2 Å². The molecular formula is C16H30BrN7O2S. The lowest BCUT2D eigenvalue weighted by molar-refractivity contribution is 0.239. The number of guanidine groups is 1. The maximum absolute atomic E-state index is 11.5. The Morgan fingerprint density at radius 2 is 2.30 bits per heavy atom. The van der Waals surface area contributed by atoms with E-state index in [0.717, 1.165) is 50.6 Å². The van der Waals surface area contributed by atoms with Gasteiger partial charge >= 0.3 is 6.03 Å². The predicted octanol–water partition coefficient (Wildman–Crippen LogP) is 1.20. The molecule has 1 atom stereocenters. The zero-order valence-electron chi connectivity index (χ0n) is 16.2. The highest BCUT2D eigenvalue weighted by molar-refractivity contribution is 8.93. The fourth-order valence-corrected chi connectivity index (χ4v) is 3.02. The van der Waals surface area contributed by atoms with Gasteiger partial charge in [0.05, 0.1) is 0 Å². The molecule has 0 bridgehead atoms. The molecule has 0 aliphatic carbocycles. The van der Waals surface area contributed by atoms with Gasteiger partial charge in [0.15, 0.2) is 11.8 Å². The highest BCUT2D eigenvalue weighted by Gasteiger charge is 2.25. The number of nitrogens with one attached hydrogen (secondary N) is 3. The first kappa shape index (κ1) is 23.5. The summed E-state index contributed by atoms with van der Waals surface area (Å²) < 4.78 is 5.13. The van der Waals surface area contributed by atoms with Crippen LogP contribution in [0.5, 0.6) is 0 Å². The van der Waals surface area contributed by atoms with E-state index in [1.54, 1.807) is 18.8 Å². The number of carbonyl (C=O) groups is 1. The summed E-state index contributed by atoms with van der Waals surface area (Å²) in [5.41, 5.74) is 0. The Balaban J connectivity index is 0.00000364. The van der Waals surface area contributed by atoms with Crippen LogP contribution in [-0.4, -0.2) is 78.3 Å². The predicted molar refractivity (Wildman–Crippen MR) is 114 cm³/mol. The third kappa shape index (κ3) is 8.37. The Morgan fingerprint density at radius 3 is 2.96 bits per heavy atom. The Morgan fingerprint density at radius 1 is 1.48 bits per heavy atom. The van der Waals surface area contributed by atoms with Gasteiger partial charge in [-0.15, -0.1) is 17.0 Å². The summed E-state index contributed by atoms with van der Waals surface area (Å²) in [6.45, 7) is 5.01. The van der Waals surface area contributed by atoms with Crippen LogP contribution < -0.4 is 16.0 Å². The van der Waals surface area contributed by atoms with Crippen molar-refractivity contribution in [3.05, 3.63) is 11.7 Å². The molecule has 1 unspecified atom stereocenters. The Hall–Kier alpha value is -1.49. The van der Waals surface area contributed by atoms with Crippen LogP contribution in [0.2, 0.25) is 0 Å². The number of rotatable bonds is 8. The molecule has 2 amide bonds. The van der Waals surface area contributed by atoms with Gasteiger partial charge in [0.25, 0.3) is 0 Å². The number of hydrogen-bond donors (Lipinski definition) is 3. The third-order valence-corrected chi connectivity index (χ3v) is 4.63. The molecule has 1 fully saturated rings. The number of likely N-dealkylation sites (tertiary alicyclic amines) is 1. The second kappa shape index (κ2) is 12.8. The minimum Gasteiger partial charge on any atom is -0.355 e. The van der Waals surface area contributed by atoms with Gasteiger partial charge < -0.3 is 25.4 Å². The maximum atomic E-state index is 11.5. The lowest BCUT2D eigenvalue weighted by Gasteiger charge is -2.22. The van der Waals surface area contributed by atoms with Crippen molar-refractivity contribution in [3.8, 4) is 0 Å². The van der Waals surface area contributed by atoms with Crippen molar-refractivity contribution in [3.63, 3.8) is 0 Å². The first-order valence-corrected chi connectivity index (χ1v) is 10.3. The van der Waals surface area contributed by atoms with Crippen LogP contribution in [0.1, 0.15) is 24.6 Å². The molecule has 2 heterocycles. The highest BCUT2D eigenvalue weighted by atomic mass is 79.9. The van der Waals surface area contributed by atoms with Crippen molar-refractivity contribution in [1.29, 1.82) is 0 Å². The minimum atomic E-state index is -0.138. The molecule has 27 heavy (non-hydrogen) atoms. The van der Waals surface area contributed by atoms with E-state index in [2.05, 4.69) is 37.2 Å². The molecule has 1 saturated heterocycles. The first-order chi connectivity index (χ1) is 12.6. The molecule has 1 aromatic heterocycles. The number of urea groups is 1. The van der Waals surface area contributed by atoms with Crippen LogP contribution in [-0.2, 0) is 6.42 Å². The maximum Gasteiger partial charge on any atom is 0.314 e. The van der Waals surface area contributed by atoms with Crippen LogP contribution >= 0.6 is 28.7 Å². The average molecular weight is 464 g/mol. The zero-order chi connectivity index (χ0) is 18.8. The summed E-state index contributed by atoms with van der Waals surface area (Å²) >= 11 is 1.80. The van der Waals surface area contributed by atoms with E-state index in [1.807, 2.05) is 6.92 Å². The van der Waals surface area contributed by atoms with Gasteiger partial charge in [0.1, 0.15) is 0 Å². The summed E-state index contributed by atoms with van der Waals surface area (Å²) in [6, 6.07) is 0.00407. The fourth-order valence-electron chi connectivity index (χ4n) is 2.72. The molecule has 1 aliphatic rings. The van der Waals surface area contributed by atoms with Gasteiger partial charge in [0, 0.05) is 51.4 Å². The van der Waals surface area contributed by atoms with Crippen molar-refractivity contribution in [2.45, 2.75) is 32.2 Å². The van der Waals surface area contributed by atoms with Gasteiger partial charge in [-0.2, -0.15) is 16.7 Å². The SMILES string of the molecule is Br.CNC(=O)NC1CCN(C(=NCCCc2nc(C)no2)NCCSC)C1. The Bertz CT molecular complexity index is 599. The highest BCUT2D eigenvalue weighted by Crippen LogP contribution is 2.10. The normalized spacial score (nSPS) is 16.8. The first-order valence-electron chi connectivity index (χ1n) is 8.92. The van der Waals surface area contributed by atoms with Crippen LogP contribution in [0, 0.1) is 6.92 Å². The van der Waals surface area contributed by atoms with Crippen LogP contribution in [0.25, 0.3) is 0 Å². The number of nitrogens with zero attached hydrogens (tertiary/aromatic N) is 4. The topological polar surface area (TPSA) is 108 Å². The smallest absolute Gasteiger partial charge is 0.314 e. The molecular weight excluding hydrogens is 434 g/mol. The monoisotopic (exact) mass is 463 g/mol. The van der Waals surface area contributed by atoms with Gasteiger partial charge in [-0.05, 0) is 26.0 Å². The van der Waals surface area contributed by atoms with Crippen LogP contribution in [0.4, 0.5) is 4.79 Å². The van der Waals surface area contributed by atoms with Crippen LogP contribution in [0.3, 0.4) is 0 Å². The molecule has 0 aromatic carbocycles. The second-order valence-corrected chi connectivity index (χ2v) is 7.10. The summed E-state index contributed by atoms with van der Waals surface area (Å²) in [5.74, 6) is 3.25. The van der Waals surface area contributed by atoms with E-state index in [4.69, 9.17) is 9.52 Å². The molecule has 1 aromatic rings. The van der Waals surface area contributed by atoms with E-state index >= 15 is 0 Å². The number of halogens is 1. The molecule has 0 saturated carbocycles. The summed E-state index contributed by atoms with van der Waals surface area (Å²) in [6.07, 6.45) is 4.58. The third-order valence-electron chi connectivity index (χ3n) is 4.02. The average Bonchev–Trinajstić information content (AvgIpc) is 3.26. The van der Waals surface area contributed by atoms with E-state index in [1.165, 1.54) is 0 Å². The quantitative estimate of drug-likeness (QED) is 0.302. The summed E-state index contributed by atoms with van der Waals surface area (Å²) in [7, 11) is 1.63. The fraction of sp³-hybridized carbons (Fsp3) is 0.750. The second-order valence-electron chi connectivity index (χ2n) is 6.12. The number of aromatic nitrogens is 2. The Labute approximate surface area is 175 Å². The molecule has 2 rings (SSSR count). The number of carbonyl (C=O) groups excluding carboxylic acids is 1. The summed E-state index contributed by atoms with van der Waals surface area (Å²) in [4.78, 5) is 22.6. The molecule has 0 radical (unpaired) electrons.